The molecular weight excluding hydrogens is 340 g/mol. The molecule has 3 aliphatic rings. The van der Waals surface area contributed by atoms with Gasteiger partial charge in [0.1, 0.15) is 0 Å². The van der Waals surface area contributed by atoms with Crippen LogP contribution in [0.15, 0.2) is 30.3 Å². The van der Waals surface area contributed by atoms with Crippen LogP contribution in [-0.4, -0.2) is 49.6 Å². The van der Waals surface area contributed by atoms with E-state index in [1.165, 1.54) is 18.4 Å². The standard InChI is InChI=1S/C22H30N2O3/c25-20(9-8-17-4-2-1-3-5-17)24-15-19(21(26)23-14-18-6-7-18)22(16-24)10-12-27-13-11-22/h1-5,18-19H,6-16H2,(H,23,26)/t19-/m1/s1. The van der Waals surface area contributed by atoms with Gasteiger partial charge in [-0.25, -0.2) is 0 Å². The van der Waals surface area contributed by atoms with Crippen molar-refractivity contribution in [3.05, 3.63) is 35.9 Å². The minimum Gasteiger partial charge on any atom is -0.381 e. The predicted octanol–water partition coefficient (Wildman–Crippen LogP) is 2.40. The van der Waals surface area contributed by atoms with Gasteiger partial charge in [0.05, 0.1) is 5.92 Å². The number of ether oxygens (including phenoxy) is 1. The van der Waals surface area contributed by atoms with Gasteiger partial charge in [0.15, 0.2) is 0 Å². The van der Waals surface area contributed by atoms with Gasteiger partial charge in [-0.15, -0.1) is 0 Å². The molecule has 1 atom stereocenters. The normalized spacial score (nSPS) is 24.1. The summed E-state index contributed by atoms with van der Waals surface area (Å²) in [5, 5.41) is 3.16. The molecule has 146 valence electrons. The number of amides is 2. The highest BCUT2D eigenvalue weighted by Crippen LogP contribution is 2.44. The van der Waals surface area contributed by atoms with Crippen molar-refractivity contribution < 1.29 is 14.3 Å². The molecule has 1 aromatic carbocycles. The van der Waals surface area contributed by atoms with E-state index in [9.17, 15) is 9.59 Å². The summed E-state index contributed by atoms with van der Waals surface area (Å²) in [6.45, 7) is 3.44. The highest BCUT2D eigenvalue weighted by atomic mass is 16.5. The zero-order chi connectivity index (χ0) is 18.7. The number of carbonyl (C=O) groups is 2. The SMILES string of the molecule is O=C(NCC1CC1)[C@H]1CN(C(=O)CCc2ccccc2)CC12CCOCC2. The van der Waals surface area contributed by atoms with Gasteiger partial charge in [-0.3, -0.25) is 9.59 Å². The van der Waals surface area contributed by atoms with Gasteiger partial charge in [0.25, 0.3) is 0 Å². The quantitative estimate of drug-likeness (QED) is 0.837. The lowest BCUT2D eigenvalue weighted by Crippen LogP contribution is -2.44. The summed E-state index contributed by atoms with van der Waals surface area (Å²) in [5.74, 6) is 0.884. The van der Waals surface area contributed by atoms with Crippen molar-refractivity contribution in [2.45, 2.75) is 38.5 Å². The van der Waals surface area contributed by atoms with Gasteiger partial charge in [-0.05, 0) is 43.6 Å². The van der Waals surface area contributed by atoms with E-state index in [2.05, 4.69) is 17.4 Å². The molecular formula is C22H30N2O3. The average molecular weight is 370 g/mol. The molecule has 0 radical (unpaired) electrons. The average Bonchev–Trinajstić information content (AvgIpc) is 3.47. The largest absolute Gasteiger partial charge is 0.381 e. The molecule has 4 rings (SSSR count). The van der Waals surface area contributed by atoms with Crippen LogP contribution >= 0.6 is 0 Å². The van der Waals surface area contributed by atoms with E-state index in [0.717, 1.165) is 25.8 Å². The summed E-state index contributed by atoms with van der Waals surface area (Å²) in [6, 6.07) is 10.1. The van der Waals surface area contributed by atoms with Gasteiger partial charge >= 0.3 is 0 Å². The molecule has 2 saturated heterocycles. The molecule has 5 heteroatoms. The van der Waals surface area contributed by atoms with Crippen LogP contribution in [0.25, 0.3) is 0 Å². The van der Waals surface area contributed by atoms with Crippen molar-refractivity contribution in [1.82, 2.24) is 10.2 Å². The topological polar surface area (TPSA) is 58.6 Å². The Morgan fingerprint density at radius 2 is 1.89 bits per heavy atom. The second-order valence-corrected chi connectivity index (χ2v) is 8.48. The number of hydrogen-bond acceptors (Lipinski definition) is 3. The Bertz CT molecular complexity index is 665. The summed E-state index contributed by atoms with van der Waals surface area (Å²) in [5.41, 5.74) is 1.08. The Labute approximate surface area is 161 Å². The van der Waals surface area contributed by atoms with Crippen LogP contribution < -0.4 is 5.32 Å². The molecule has 1 aliphatic carbocycles. The Morgan fingerprint density at radius 3 is 2.59 bits per heavy atom. The smallest absolute Gasteiger partial charge is 0.225 e. The number of nitrogens with one attached hydrogen (secondary N) is 1. The fourth-order valence-corrected chi connectivity index (χ4v) is 4.55. The summed E-state index contributed by atoms with van der Waals surface area (Å²) in [4.78, 5) is 27.7. The highest BCUT2D eigenvalue weighted by Gasteiger charge is 2.51. The predicted molar refractivity (Wildman–Crippen MR) is 103 cm³/mol. The van der Waals surface area contributed by atoms with E-state index in [-0.39, 0.29) is 23.1 Å². The maximum absolute atomic E-state index is 12.9. The molecule has 0 aromatic heterocycles. The molecule has 2 aliphatic heterocycles. The van der Waals surface area contributed by atoms with Crippen LogP contribution in [0.4, 0.5) is 0 Å². The lowest BCUT2D eigenvalue weighted by Gasteiger charge is -2.37. The first-order valence-electron chi connectivity index (χ1n) is 10.3. The number of benzene rings is 1. The van der Waals surface area contributed by atoms with Crippen LogP contribution in [0.2, 0.25) is 0 Å². The highest BCUT2D eigenvalue weighted by molar-refractivity contribution is 5.83. The van der Waals surface area contributed by atoms with Crippen LogP contribution in [0.3, 0.4) is 0 Å². The third-order valence-corrected chi connectivity index (χ3v) is 6.54. The Morgan fingerprint density at radius 1 is 1.15 bits per heavy atom. The second-order valence-electron chi connectivity index (χ2n) is 8.48. The van der Waals surface area contributed by atoms with Gasteiger partial charge in [0.2, 0.25) is 11.8 Å². The van der Waals surface area contributed by atoms with Crippen molar-refractivity contribution in [1.29, 1.82) is 0 Å². The van der Waals surface area contributed by atoms with Crippen molar-refractivity contribution in [2.24, 2.45) is 17.3 Å². The first-order chi connectivity index (χ1) is 13.2. The van der Waals surface area contributed by atoms with Gasteiger partial charge in [0, 0.05) is 44.7 Å². The molecule has 27 heavy (non-hydrogen) atoms. The lowest BCUT2D eigenvalue weighted by molar-refractivity contribution is -0.130. The molecule has 2 amide bonds. The Hall–Kier alpha value is -1.88. The van der Waals surface area contributed by atoms with Crippen molar-refractivity contribution in [3.63, 3.8) is 0 Å². The van der Waals surface area contributed by atoms with Crippen LogP contribution in [-0.2, 0) is 20.7 Å². The molecule has 0 bridgehead atoms. The summed E-state index contributed by atoms with van der Waals surface area (Å²) in [7, 11) is 0. The van der Waals surface area contributed by atoms with E-state index in [1.807, 2.05) is 23.1 Å². The molecule has 3 fully saturated rings. The first kappa shape index (κ1) is 18.5. The molecule has 1 saturated carbocycles. The Balaban J connectivity index is 1.39. The zero-order valence-electron chi connectivity index (χ0n) is 16.0. The molecule has 1 spiro atoms. The minimum absolute atomic E-state index is 0.0965. The number of likely N-dealkylation sites (tertiary alicyclic amines) is 1. The van der Waals surface area contributed by atoms with E-state index in [1.54, 1.807) is 0 Å². The number of carbonyl (C=O) groups excluding carboxylic acids is 2. The maximum atomic E-state index is 12.9. The summed E-state index contributed by atoms with van der Waals surface area (Å²) in [6.07, 6.45) is 5.47. The lowest BCUT2D eigenvalue weighted by atomic mass is 9.71. The number of rotatable bonds is 6. The van der Waals surface area contributed by atoms with E-state index < -0.39 is 0 Å². The molecule has 1 aromatic rings. The number of hydrogen-bond donors (Lipinski definition) is 1. The van der Waals surface area contributed by atoms with Crippen molar-refractivity contribution in [3.8, 4) is 0 Å². The van der Waals surface area contributed by atoms with Crippen LogP contribution in [0.1, 0.15) is 37.7 Å². The van der Waals surface area contributed by atoms with E-state index in [4.69, 9.17) is 4.74 Å². The van der Waals surface area contributed by atoms with Gasteiger partial charge in [-0.2, -0.15) is 0 Å². The third-order valence-electron chi connectivity index (χ3n) is 6.54. The van der Waals surface area contributed by atoms with Crippen LogP contribution in [0.5, 0.6) is 0 Å². The fourth-order valence-electron chi connectivity index (χ4n) is 4.55. The summed E-state index contributed by atoms with van der Waals surface area (Å²) >= 11 is 0. The van der Waals surface area contributed by atoms with Gasteiger partial charge < -0.3 is 15.0 Å². The Kier molecular flexibility index (Phi) is 5.48. The molecule has 5 nitrogen and oxygen atoms in total. The maximum Gasteiger partial charge on any atom is 0.225 e. The first-order valence-corrected chi connectivity index (χ1v) is 10.3. The van der Waals surface area contributed by atoms with Crippen molar-refractivity contribution >= 4 is 11.8 Å². The minimum atomic E-state index is -0.103. The molecule has 1 N–H and O–H groups in total. The fraction of sp³-hybridized carbons (Fsp3) is 0.636. The molecule has 0 unspecified atom stereocenters. The molecule has 2 heterocycles. The van der Waals surface area contributed by atoms with E-state index >= 15 is 0 Å². The van der Waals surface area contributed by atoms with Crippen LogP contribution in [0, 0.1) is 17.3 Å². The zero-order valence-corrected chi connectivity index (χ0v) is 16.0. The van der Waals surface area contributed by atoms with E-state index in [0.29, 0.717) is 38.6 Å². The second kappa shape index (κ2) is 8.01. The number of aryl methyl sites for hydroxylation is 1. The summed E-state index contributed by atoms with van der Waals surface area (Å²) < 4.78 is 5.56. The van der Waals surface area contributed by atoms with Gasteiger partial charge in [-0.1, -0.05) is 30.3 Å². The third kappa shape index (κ3) is 4.34. The monoisotopic (exact) mass is 370 g/mol. The number of nitrogens with zero attached hydrogens (tertiary/aromatic N) is 1. The van der Waals surface area contributed by atoms with Crippen molar-refractivity contribution in [2.75, 3.05) is 32.8 Å².